The van der Waals surface area contributed by atoms with E-state index in [1.54, 1.807) is 6.20 Å². The Morgan fingerprint density at radius 3 is 2.97 bits per heavy atom. The summed E-state index contributed by atoms with van der Waals surface area (Å²) in [7, 11) is 0. The molecule has 2 aromatic heterocycles. The van der Waals surface area contributed by atoms with Crippen LogP contribution in [-0.2, 0) is 40.0 Å². The molecule has 0 radical (unpaired) electrons. The monoisotopic (exact) mass is 481 g/mol. The van der Waals surface area contributed by atoms with Gasteiger partial charge in [0.2, 0.25) is 5.91 Å². The predicted molar refractivity (Wildman–Crippen MR) is 130 cm³/mol. The van der Waals surface area contributed by atoms with Crippen LogP contribution in [0, 0.1) is 11.8 Å². The number of nitrogens with zero attached hydrogens (tertiary/aromatic N) is 2. The first-order chi connectivity index (χ1) is 17.0. The van der Waals surface area contributed by atoms with Gasteiger partial charge in [0.15, 0.2) is 0 Å². The molecule has 0 saturated heterocycles. The maximum absolute atomic E-state index is 12.7. The van der Waals surface area contributed by atoms with Gasteiger partial charge in [-0.1, -0.05) is 6.07 Å². The van der Waals surface area contributed by atoms with Gasteiger partial charge in [0.25, 0.3) is 0 Å². The fourth-order valence-electron chi connectivity index (χ4n) is 5.44. The van der Waals surface area contributed by atoms with Crippen molar-refractivity contribution in [3.63, 3.8) is 0 Å². The largest absolute Gasteiger partial charge is 0.480 e. The van der Waals surface area contributed by atoms with E-state index >= 15 is 0 Å². The Kier molecular flexibility index (Phi) is 7.32. The van der Waals surface area contributed by atoms with Crippen molar-refractivity contribution in [3.8, 4) is 0 Å². The molecule has 2 atom stereocenters. The second-order valence-electron chi connectivity index (χ2n) is 10.2. The van der Waals surface area contributed by atoms with Crippen molar-refractivity contribution in [3.05, 3.63) is 40.8 Å². The minimum absolute atomic E-state index is 0.181. The highest BCUT2D eigenvalue weighted by molar-refractivity contribution is 5.85. The molecule has 1 amide bonds. The molecular formula is C26H35N5O4. The molecule has 2 aliphatic carbocycles. The number of amides is 1. The fraction of sp³-hybridized carbons (Fsp3) is 0.615. The number of fused-ring (bicyclic) bond motifs is 2. The Bertz CT molecular complexity index is 1050. The maximum Gasteiger partial charge on any atom is 0.326 e. The summed E-state index contributed by atoms with van der Waals surface area (Å²) in [5, 5.41) is 22.7. The Labute approximate surface area is 205 Å². The molecule has 4 N–H and O–H groups in total. The molecule has 0 aromatic carbocycles. The molecule has 3 heterocycles. The number of pyridine rings is 1. The van der Waals surface area contributed by atoms with Crippen molar-refractivity contribution in [2.24, 2.45) is 11.8 Å². The van der Waals surface area contributed by atoms with Crippen LogP contribution in [0.3, 0.4) is 0 Å². The molecule has 0 bridgehead atoms. The highest BCUT2D eigenvalue weighted by Gasteiger charge is 2.32. The number of carboxylic acid groups (broad SMARTS) is 1. The lowest BCUT2D eigenvalue weighted by molar-refractivity contribution is -0.143. The van der Waals surface area contributed by atoms with Gasteiger partial charge in [-0.2, -0.15) is 5.10 Å². The van der Waals surface area contributed by atoms with Gasteiger partial charge in [0.05, 0.1) is 12.3 Å². The third kappa shape index (κ3) is 5.83. The SMILES string of the molecule is O=C(N[C@@H](CCOC1CC(CCc2ccc3c(n2)NCCC3)C1)C(=O)O)[C@H]1CCc2cn[nH]c2C1. The first kappa shape index (κ1) is 23.8. The van der Waals surface area contributed by atoms with Gasteiger partial charge in [-0.05, 0) is 74.5 Å². The van der Waals surface area contributed by atoms with E-state index in [-0.39, 0.29) is 24.3 Å². The smallest absolute Gasteiger partial charge is 0.326 e. The van der Waals surface area contributed by atoms with E-state index in [1.807, 2.05) is 0 Å². The number of nitrogens with one attached hydrogen (secondary N) is 3. The van der Waals surface area contributed by atoms with E-state index in [4.69, 9.17) is 9.72 Å². The van der Waals surface area contributed by atoms with Gasteiger partial charge in [-0.15, -0.1) is 0 Å². The number of aliphatic carboxylic acids is 1. The molecule has 1 aliphatic heterocycles. The van der Waals surface area contributed by atoms with Crippen LogP contribution >= 0.6 is 0 Å². The highest BCUT2D eigenvalue weighted by atomic mass is 16.5. The normalized spacial score (nSPS) is 23.8. The predicted octanol–water partition coefficient (Wildman–Crippen LogP) is 2.66. The van der Waals surface area contributed by atoms with Crippen LogP contribution in [0.5, 0.6) is 0 Å². The second-order valence-corrected chi connectivity index (χ2v) is 10.2. The van der Waals surface area contributed by atoms with Crippen molar-refractivity contribution >= 4 is 17.7 Å². The van der Waals surface area contributed by atoms with Crippen molar-refractivity contribution in [2.45, 2.75) is 76.4 Å². The topological polar surface area (TPSA) is 129 Å². The minimum Gasteiger partial charge on any atom is -0.480 e. The molecule has 188 valence electrons. The Hall–Kier alpha value is -2.94. The van der Waals surface area contributed by atoms with Crippen LogP contribution in [0.2, 0.25) is 0 Å². The van der Waals surface area contributed by atoms with Gasteiger partial charge in [-0.25, -0.2) is 9.78 Å². The number of hydrogen-bond acceptors (Lipinski definition) is 6. The lowest BCUT2D eigenvalue weighted by atomic mass is 9.79. The molecule has 9 heteroatoms. The van der Waals surface area contributed by atoms with Crippen molar-refractivity contribution in [2.75, 3.05) is 18.5 Å². The van der Waals surface area contributed by atoms with Crippen molar-refractivity contribution < 1.29 is 19.4 Å². The molecule has 3 aliphatic rings. The molecule has 2 aromatic rings. The fourth-order valence-corrected chi connectivity index (χ4v) is 5.44. The number of hydrogen-bond donors (Lipinski definition) is 4. The van der Waals surface area contributed by atoms with Crippen LogP contribution in [0.15, 0.2) is 18.3 Å². The Morgan fingerprint density at radius 2 is 2.11 bits per heavy atom. The summed E-state index contributed by atoms with van der Waals surface area (Å²) < 4.78 is 5.92. The molecule has 1 fully saturated rings. The van der Waals surface area contributed by atoms with Gasteiger partial charge in [0.1, 0.15) is 11.9 Å². The lowest BCUT2D eigenvalue weighted by Gasteiger charge is -2.35. The van der Waals surface area contributed by atoms with Gasteiger partial charge in [0, 0.05) is 43.3 Å². The number of aromatic nitrogens is 3. The number of ether oxygens (including phenoxy) is 1. The van der Waals surface area contributed by atoms with Crippen molar-refractivity contribution in [1.29, 1.82) is 0 Å². The number of aromatic amines is 1. The summed E-state index contributed by atoms with van der Waals surface area (Å²) in [4.78, 5) is 29.1. The average molecular weight is 482 g/mol. The summed E-state index contributed by atoms with van der Waals surface area (Å²) >= 11 is 0. The van der Waals surface area contributed by atoms with Gasteiger partial charge < -0.3 is 20.5 Å². The van der Waals surface area contributed by atoms with E-state index in [2.05, 4.69) is 33.0 Å². The zero-order valence-corrected chi connectivity index (χ0v) is 20.1. The molecule has 0 unspecified atom stereocenters. The average Bonchev–Trinajstić information content (AvgIpc) is 3.31. The van der Waals surface area contributed by atoms with Gasteiger partial charge in [-0.3, -0.25) is 9.89 Å². The van der Waals surface area contributed by atoms with Crippen LogP contribution in [0.4, 0.5) is 5.82 Å². The number of carboxylic acids is 1. The first-order valence-electron chi connectivity index (χ1n) is 12.9. The molecule has 5 rings (SSSR count). The van der Waals surface area contributed by atoms with E-state index in [0.29, 0.717) is 25.4 Å². The van der Waals surface area contributed by atoms with Gasteiger partial charge >= 0.3 is 5.97 Å². The zero-order valence-electron chi connectivity index (χ0n) is 20.1. The summed E-state index contributed by atoms with van der Waals surface area (Å²) in [6.07, 6.45) is 10.7. The molecular weight excluding hydrogens is 446 g/mol. The summed E-state index contributed by atoms with van der Waals surface area (Å²) in [5.41, 5.74) is 4.58. The van der Waals surface area contributed by atoms with Crippen LogP contribution in [-0.4, -0.2) is 57.5 Å². The second kappa shape index (κ2) is 10.8. The quantitative estimate of drug-likeness (QED) is 0.411. The molecule has 35 heavy (non-hydrogen) atoms. The van der Waals surface area contributed by atoms with E-state index in [9.17, 15) is 14.7 Å². The third-order valence-corrected chi connectivity index (χ3v) is 7.72. The number of H-pyrrole nitrogens is 1. The number of carbonyl (C=O) groups excluding carboxylic acids is 1. The third-order valence-electron chi connectivity index (χ3n) is 7.72. The zero-order chi connectivity index (χ0) is 24.2. The number of aryl methyl sites for hydroxylation is 3. The van der Waals surface area contributed by atoms with E-state index in [1.165, 1.54) is 12.0 Å². The number of anilines is 1. The molecule has 9 nitrogen and oxygen atoms in total. The maximum atomic E-state index is 12.7. The lowest BCUT2D eigenvalue weighted by Crippen LogP contribution is -2.45. The van der Waals surface area contributed by atoms with Crippen LogP contribution < -0.4 is 10.6 Å². The molecule has 1 saturated carbocycles. The standard InChI is InChI=1S/C26H35N5O4/c32-25(18-4-5-19-15-28-31-23(19)14-18)30-22(26(33)34)9-11-35-21-12-16(13-21)3-7-20-8-6-17-2-1-10-27-24(17)29-20/h6,8,15-16,18,21-22H,1-5,7,9-14H2,(H,27,29)(H,28,31)(H,30,32)(H,33,34)/t16?,18-,21?,22-/m0/s1. The van der Waals surface area contributed by atoms with Crippen molar-refractivity contribution in [1.82, 2.24) is 20.5 Å². The summed E-state index contributed by atoms with van der Waals surface area (Å²) in [6.45, 7) is 1.34. The van der Waals surface area contributed by atoms with Crippen LogP contribution in [0.25, 0.3) is 0 Å². The number of carbonyl (C=O) groups is 2. The van der Waals surface area contributed by atoms with Crippen LogP contribution in [0.1, 0.15) is 61.0 Å². The number of rotatable bonds is 10. The van der Waals surface area contributed by atoms with E-state index in [0.717, 1.165) is 67.8 Å². The summed E-state index contributed by atoms with van der Waals surface area (Å²) in [5.74, 6) is 0.238. The Morgan fingerprint density at radius 1 is 1.23 bits per heavy atom. The Balaban J connectivity index is 0.993. The minimum atomic E-state index is -1.02. The summed E-state index contributed by atoms with van der Waals surface area (Å²) in [6, 6.07) is 3.43. The highest BCUT2D eigenvalue weighted by Crippen LogP contribution is 2.34. The first-order valence-corrected chi connectivity index (χ1v) is 12.9. The van der Waals surface area contributed by atoms with E-state index < -0.39 is 12.0 Å². The molecule has 0 spiro atoms.